The van der Waals surface area contributed by atoms with Crippen molar-refractivity contribution in [3.8, 4) is 16.9 Å². The first kappa shape index (κ1) is 19.6. The number of alkyl carbamates (subject to hydrolysis) is 1. The second-order valence-electron chi connectivity index (χ2n) is 6.78. The van der Waals surface area contributed by atoms with E-state index in [4.69, 9.17) is 32.7 Å². The maximum atomic E-state index is 12.0. The number of benzene rings is 3. The van der Waals surface area contributed by atoms with Crippen LogP contribution in [0, 0.1) is 0 Å². The number of amides is 1. The van der Waals surface area contributed by atoms with Crippen LogP contribution in [0.3, 0.4) is 0 Å². The molecular formula is C23H19Cl2NO3. The van der Waals surface area contributed by atoms with E-state index in [2.05, 4.69) is 5.32 Å². The minimum Gasteiger partial charge on any atom is -0.487 e. The monoisotopic (exact) mass is 427 g/mol. The Morgan fingerprint density at radius 3 is 2.59 bits per heavy atom. The summed E-state index contributed by atoms with van der Waals surface area (Å²) in [5, 5.41) is 3.77. The molecule has 1 aliphatic rings. The number of rotatable bonds is 5. The summed E-state index contributed by atoms with van der Waals surface area (Å²) in [6.07, 6.45) is 0.0558. The Morgan fingerprint density at radius 1 is 1.00 bits per heavy atom. The predicted molar refractivity (Wildman–Crippen MR) is 115 cm³/mol. The van der Waals surface area contributed by atoms with Crippen molar-refractivity contribution in [2.45, 2.75) is 19.1 Å². The molecule has 29 heavy (non-hydrogen) atoms. The molecule has 1 amide bonds. The highest BCUT2D eigenvalue weighted by atomic mass is 35.5. The Balaban J connectivity index is 1.38. The lowest BCUT2D eigenvalue weighted by Gasteiger charge is -2.14. The van der Waals surface area contributed by atoms with Crippen molar-refractivity contribution in [3.05, 3.63) is 87.9 Å². The van der Waals surface area contributed by atoms with Crippen molar-refractivity contribution in [1.82, 2.24) is 5.32 Å². The van der Waals surface area contributed by atoms with Crippen molar-refractivity contribution >= 4 is 29.3 Å². The van der Waals surface area contributed by atoms with Gasteiger partial charge in [-0.1, -0.05) is 83.9 Å². The predicted octanol–water partition coefficient (Wildman–Crippen LogP) is 5.89. The number of halogens is 2. The topological polar surface area (TPSA) is 47.6 Å². The van der Waals surface area contributed by atoms with E-state index in [1.165, 1.54) is 0 Å². The number of hydrogen-bond donors (Lipinski definition) is 1. The molecule has 1 aliphatic heterocycles. The standard InChI is InChI=1S/C23H19Cl2NO3/c24-20-11-5-9-18(21(20)25)19-10-4-8-16-12-17(29-22(16)19)13-26-23(27)28-14-15-6-2-1-3-7-15/h1-11,17H,12-14H2,(H,26,27). The van der Waals surface area contributed by atoms with Crippen LogP contribution in [-0.4, -0.2) is 18.7 Å². The van der Waals surface area contributed by atoms with Gasteiger partial charge in [-0.2, -0.15) is 0 Å². The molecule has 0 radical (unpaired) electrons. The molecule has 0 fully saturated rings. The molecule has 3 aromatic carbocycles. The smallest absolute Gasteiger partial charge is 0.407 e. The van der Waals surface area contributed by atoms with Crippen LogP contribution in [0.5, 0.6) is 5.75 Å². The van der Waals surface area contributed by atoms with Crippen LogP contribution < -0.4 is 10.1 Å². The maximum absolute atomic E-state index is 12.0. The largest absolute Gasteiger partial charge is 0.487 e. The fraction of sp³-hybridized carbons (Fsp3) is 0.174. The Kier molecular flexibility index (Phi) is 5.93. The molecule has 6 heteroatoms. The van der Waals surface area contributed by atoms with Crippen molar-refractivity contribution in [3.63, 3.8) is 0 Å². The first-order valence-electron chi connectivity index (χ1n) is 9.29. The molecule has 0 aromatic heterocycles. The van der Waals surface area contributed by atoms with Crippen LogP contribution in [-0.2, 0) is 17.8 Å². The van der Waals surface area contributed by atoms with Gasteiger partial charge in [-0.15, -0.1) is 0 Å². The van der Waals surface area contributed by atoms with Gasteiger partial charge in [0.15, 0.2) is 0 Å². The maximum Gasteiger partial charge on any atom is 0.407 e. The molecule has 1 unspecified atom stereocenters. The molecule has 4 rings (SSSR count). The zero-order valence-corrected chi connectivity index (χ0v) is 17.0. The minimum absolute atomic E-state index is 0.173. The Labute approximate surface area is 179 Å². The van der Waals surface area contributed by atoms with E-state index in [1.54, 1.807) is 6.07 Å². The van der Waals surface area contributed by atoms with Crippen LogP contribution in [0.4, 0.5) is 4.79 Å². The highest BCUT2D eigenvalue weighted by Gasteiger charge is 2.27. The van der Waals surface area contributed by atoms with Gasteiger partial charge >= 0.3 is 6.09 Å². The number of carbonyl (C=O) groups excluding carboxylic acids is 1. The molecule has 3 aromatic rings. The number of ether oxygens (including phenoxy) is 2. The van der Waals surface area contributed by atoms with Gasteiger partial charge in [0.25, 0.3) is 0 Å². The lowest BCUT2D eigenvalue weighted by atomic mass is 10.0. The van der Waals surface area contributed by atoms with Gasteiger partial charge in [-0.05, 0) is 17.2 Å². The first-order valence-corrected chi connectivity index (χ1v) is 10.0. The van der Waals surface area contributed by atoms with Crippen LogP contribution in [0.25, 0.3) is 11.1 Å². The molecule has 0 saturated heterocycles. The summed E-state index contributed by atoms with van der Waals surface area (Å²) < 4.78 is 11.4. The molecular weight excluding hydrogens is 409 g/mol. The average molecular weight is 428 g/mol. The normalized spacial score (nSPS) is 14.8. The minimum atomic E-state index is -0.466. The van der Waals surface area contributed by atoms with Gasteiger partial charge in [0, 0.05) is 17.5 Å². The molecule has 1 heterocycles. The molecule has 1 atom stereocenters. The van der Waals surface area contributed by atoms with Gasteiger partial charge in [0.1, 0.15) is 18.5 Å². The quantitative estimate of drug-likeness (QED) is 0.551. The molecule has 148 valence electrons. The van der Waals surface area contributed by atoms with E-state index in [-0.39, 0.29) is 12.7 Å². The fourth-order valence-corrected chi connectivity index (χ4v) is 3.75. The Hall–Kier alpha value is -2.69. The molecule has 0 bridgehead atoms. The van der Waals surface area contributed by atoms with Gasteiger partial charge in [-0.3, -0.25) is 0 Å². The van der Waals surface area contributed by atoms with Crippen molar-refractivity contribution < 1.29 is 14.3 Å². The number of nitrogens with one attached hydrogen (secondary N) is 1. The summed E-state index contributed by atoms with van der Waals surface area (Å²) in [6, 6.07) is 21.0. The van der Waals surface area contributed by atoms with Crippen molar-refractivity contribution in [1.29, 1.82) is 0 Å². The average Bonchev–Trinajstić information content (AvgIpc) is 3.17. The van der Waals surface area contributed by atoms with Crippen LogP contribution in [0.1, 0.15) is 11.1 Å². The van der Waals surface area contributed by atoms with Crippen molar-refractivity contribution in [2.24, 2.45) is 0 Å². The van der Waals surface area contributed by atoms with Crippen LogP contribution in [0.15, 0.2) is 66.7 Å². The van der Waals surface area contributed by atoms with Gasteiger partial charge in [0.2, 0.25) is 0 Å². The highest BCUT2D eigenvalue weighted by Crippen LogP contribution is 2.42. The molecule has 1 N–H and O–H groups in total. The summed E-state index contributed by atoms with van der Waals surface area (Å²) in [6.45, 7) is 0.584. The second kappa shape index (κ2) is 8.76. The van der Waals surface area contributed by atoms with E-state index in [0.29, 0.717) is 23.0 Å². The molecule has 0 spiro atoms. The van der Waals surface area contributed by atoms with Crippen LogP contribution >= 0.6 is 23.2 Å². The number of fused-ring (bicyclic) bond motifs is 1. The third kappa shape index (κ3) is 4.50. The van der Waals surface area contributed by atoms with E-state index in [0.717, 1.165) is 28.0 Å². The summed E-state index contributed by atoms with van der Waals surface area (Å²) in [5.41, 5.74) is 3.73. The lowest BCUT2D eigenvalue weighted by molar-refractivity contribution is 0.133. The fourth-order valence-electron chi connectivity index (χ4n) is 3.35. The summed E-state index contributed by atoms with van der Waals surface area (Å²) in [7, 11) is 0. The van der Waals surface area contributed by atoms with E-state index in [1.807, 2.05) is 60.7 Å². The summed E-state index contributed by atoms with van der Waals surface area (Å²) in [4.78, 5) is 12.0. The summed E-state index contributed by atoms with van der Waals surface area (Å²) in [5.74, 6) is 0.779. The highest BCUT2D eigenvalue weighted by molar-refractivity contribution is 6.43. The molecule has 0 saturated carbocycles. The van der Waals surface area contributed by atoms with Gasteiger partial charge < -0.3 is 14.8 Å². The lowest BCUT2D eigenvalue weighted by Crippen LogP contribution is -2.34. The second-order valence-corrected chi connectivity index (χ2v) is 7.57. The molecule has 4 nitrogen and oxygen atoms in total. The number of para-hydroxylation sites is 1. The van der Waals surface area contributed by atoms with Crippen molar-refractivity contribution in [2.75, 3.05) is 6.54 Å². The number of carbonyl (C=O) groups is 1. The first-order chi connectivity index (χ1) is 14.1. The van der Waals surface area contributed by atoms with E-state index < -0.39 is 6.09 Å². The SMILES string of the molecule is O=C(NCC1Cc2cccc(-c3cccc(Cl)c3Cl)c2O1)OCc1ccccc1. The Morgan fingerprint density at radius 2 is 1.76 bits per heavy atom. The third-order valence-electron chi connectivity index (χ3n) is 4.76. The Bertz CT molecular complexity index is 1020. The third-order valence-corrected chi connectivity index (χ3v) is 5.58. The van der Waals surface area contributed by atoms with Gasteiger partial charge in [-0.25, -0.2) is 4.79 Å². The van der Waals surface area contributed by atoms with E-state index in [9.17, 15) is 4.79 Å². The molecule has 0 aliphatic carbocycles. The summed E-state index contributed by atoms with van der Waals surface area (Å²) >= 11 is 12.6. The van der Waals surface area contributed by atoms with Gasteiger partial charge in [0.05, 0.1) is 16.6 Å². The zero-order valence-electron chi connectivity index (χ0n) is 15.5. The zero-order chi connectivity index (χ0) is 20.2. The number of hydrogen-bond acceptors (Lipinski definition) is 3. The van der Waals surface area contributed by atoms with Crippen LogP contribution in [0.2, 0.25) is 10.0 Å². The van der Waals surface area contributed by atoms with E-state index >= 15 is 0 Å².